The molecule has 25 heavy (non-hydrogen) atoms. The summed E-state index contributed by atoms with van der Waals surface area (Å²) in [7, 11) is 0. The molecule has 0 heterocycles. The van der Waals surface area contributed by atoms with Crippen molar-refractivity contribution in [3.63, 3.8) is 0 Å². The zero-order chi connectivity index (χ0) is 18.7. The Hall–Kier alpha value is -1.95. The van der Waals surface area contributed by atoms with Crippen molar-refractivity contribution in [2.24, 2.45) is 0 Å². The number of thiocarbonyl (C=S) groups is 1. The summed E-state index contributed by atoms with van der Waals surface area (Å²) >= 11 is 5.17. The zero-order valence-electron chi connectivity index (χ0n) is 15.4. The molecule has 0 aliphatic heterocycles. The third kappa shape index (κ3) is 7.65. The summed E-state index contributed by atoms with van der Waals surface area (Å²) in [6, 6.07) is 7.21. The van der Waals surface area contributed by atoms with Gasteiger partial charge in [-0.3, -0.25) is 9.59 Å². The Morgan fingerprint density at radius 3 is 2.36 bits per heavy atom. The van der Waals surface area contributed by atoms with Gasteiger partial charge in [-0.05, 0) is 49.7 Å². The molecule has 0 unspecified atom stereocenters. The monoisotopic (exact) mass is 363 g/mol. The number of anilines is 1. The number of hydrogen-bond acceptors (Lipinski definition) is 3. The zero-order valence-corrected chi connectivity index (χ0v) is 16.2. The van der Waals surface area contributed by atoms with Crippen molar-refractivity contribution in [2.75, 3.05) is 18.4 Å². The van der Waals surface area contributed by atoms with E-state index in [0.717, 1.165) is 38.8 Å². The van der Waals surface area contributed by atoms with E-state index in [1.54, 1.807) is 12.1 Å². The van der Waals surface area contributed by atoms with Gasteiger partial charge in [-0.1, -0.05) is 33.3 Å². The van der Waals surface area contributed by atoms with Crippen LogP contribution in [0.15, 0.2) is 24.3 Å². The largest absolute Gasteiger partial charge is 0.339 e. The van der Waals surface area contributed by atoms with Gasteiger partial charge in [-0.2, -0.15) is 0 Å². The maximum absolute atomic E-state index is 12.7. The van der Waals surface area contributed by atoms with Crippen molar-refractivity contribution in [1.29, 1.82) is 0 Å². The van der Waals surface area contributed by atoms with Gasteiger partial charge >= 0.3 is 0 Å². The standard InChI is InChI=1S/C19H29N3O2S/c1-4-7-11-17(23)21-19(25)20-16-10-8-9-15(14-16)18(24)22(12-5-2)13-6-3/h8-10,14H,4-7,11-13H2,1-3H3,(H2,20,21,23,25). The van der Waals surface area contributed by atoms with E-state index in [1.165, 1.54) is 0 Å². The quantitative estimate of drug-likeness (QED) is 0.652. The van der Waals surface area contributed by atoms with Gasteiger partial charge in [0, 0.05) is 30.8 Å². The van der Waals surface area contributed by atoms with Crippen molar-refractivity contribution in [3.05, 3.63) is 29.8 Å². The summed E-state index contributed by atoms with van der Waals surface area (Å²) in [5, 5.41) is 5.89. The lowest BCUT2D eigenvalue weighted by Crippen LogP contribution is -2.34. The summed E-state index contributed by atoms with van der Waals surface area (Å²) in [4.78, 5) is 26.2. The third-order valence-corrected chi connectivity index (χ3v) is 3.86. The molecule has 6 heteroatoms. The third-order valence-electron chi connectivity index (χ3n) is 3.65. The van der Waals surface area contributed by atoms with E-state index in [9.17, 15) is 9.59 Å². The van der Waals surface area contributed by atoms with Crippen LogP contribution in [0.5, 0.6) is 0 Å². The van der Waals surface area contributed by atoms with Crippen molar-refractivity contribution < 1.29 is 9.59 Å². The van der Waals surface area contributed by atoms with Crippen LogP contribution in [0.1, 0.15) is 63.2 Å². The minimum absolute atomic E-state index is 0.0187. The number of hydrogen-bond donors (Lipinski definition) is 2. The molecule has 1 aromatic carbocycles. The average Bonchev–Trinajstić information content (AvgIpc) is 2.59. The highest BCUT2D eigenvalue weighted by molar-refractivity contribution is 7.80. The predicted octanol–water partition coefficient (Wildman–Crippen LogP) is 3.95. The fourth-order valence-electron chi connectivity index (χ4n) is 2.46. The molecular weight excluding hydrogens is 334 g/mol. The van der Waals surface area contributed by atoms with Gasteiger partial charge in [0.2, 0.25) is 5.91 Å². The van der Waals surface area contributed by atoms with Gasteiger partial charge in [0.05, 0.1) is 0 Å². The minimum atomic E-state index is -0.0938. The Morgan fingerprint density at radius 1 is 1.08 bits per heavy atom. The van der Waals surface area contributed by atoms with Crippen LogP contribution in [0.3, 0.4) is 0 Å². The Kier molecular flexibility index (Phi) is 9.77. The van der Waals surface area contributed by atoms with E-state index >= 15 is 0 Å². The Bertz CT molecular complexity index is 584. The molecular formula is C19H29N3O2S. The first-order valence-corrected chi connectivity index (χ1v) is 9.42. The molecule has 2 amide bonds. The lowest BCUT2D eigenvalue weighted by molar-refractivity contribution is -0.119. The highest BCUT2D eigenvalue weighted by Crippen LogP contribution is 2.13. The van der Waals surface area contributed by atoms with Gasteiger partial charge in [0.25, 0.3) is 5.91 Å². The maximum Gasteiger partial charge on any atom is 0.253 e. The lowest BCUT2D eigenvalue weighted by Gasteiger charge is -2.21. The van der Waals surface area contributed by atoms with E-state index in [4.69, 9.17) is 12.2 Å². The van der Waals surface area contributed by atoms with Crippen LogP contribution >= 0.6 is 12.2 Å². The fraction of sp³-hybridized carbons (Fsp3) is 0.526. The number of carbonyl (C=O) groups is 2. The van der Waals surface area contributed by atoms with Gasteiger partial charge in [0.15, 0.2) is 5.11 Å². The molecule has 1 rings (SSSR count). The van der Waals surface area contributed by atoms with E-state index in [0.29, 0.717) is 17.7 Å². The first-order valence-electron chi connectivity index (χ1n) is 9.01. The van der Waals surface area contributed by atoms with E-state index in [-0.39, 0.29) is 16.9 Å². The van der Waals surface area contributed by atoms with Gasteiger partial charge < -0.3 is 15.5 Å². The summed E-state index contributed by atoms with van der Waals surface area (Å²) in [5.41, 5.74) is 1.31. The van der Waals surface area contributed by atoms with Crippen LogP contribution in [0.4, 0.5) is 5.69 Å². The van der Waals surface area contributed by atoms with Crippen LogP contribution in [0.25, 0.3) is 0 Å². The van der Waals surface area contributed by atoms with E-state index in [1.807, 2.05) is 24.0 Å². The molecule has 0 radical (unpaired) electrons. The molecule has 5 nitrogen and oxygen atoms in total. The van der Waals surface area contributed by atoms with Gasteiger partial charge in [0.1, 0.15) is 0 Å². The molecule has 0 atom stereocenters. The number of benzene rings is 1. The highest BCUT2D eigenvalue weighted by Gasteiger charge is 2.14. The van der Waals surface area contributed by atoms with Crippen molar-refractivity contribution in [2.45, 2.75) is 52.9 Å². The van der Waals surface area contributed by atoms with Crippen LogP contribution in [0.2, 0.25) is 0 Å². The SMILES string of the molecule is CCCCC(=O)NC(=S)Nc1cccc(C(=O)N(CCC)CCC)c1. The minimum Gasteiger partial charge on any atom is -0.339 e. The van der Waals surface area contributed by atoms with Crippen LogP contribution in [-0.4, -0.2) is 34.9 Å². The molecule has 0 fully saturated rings. The van der Waals surface area contributed by atoms with Gasteiger partial charge in [-0.25, -0.2) is 0 Å². The Labute approximate surface area is 156 Å². The summed E-state index contributed by atoms with van der Waals surface area (Å²) in [5.74, 6) is -0.0751. The fourth-order valence-corrected chi connectivity index (χ4v) is 2.69. The molecule has 0 saturated carbocycles. The van der Waals surface area contributed by atoms with E-state index in [2.05, 4.69) is 24.5 Å². The predicted molar refractivity (Wildman–Crippen MR) is 107 cm³/mol. The van der Waals surface area contributed by atoms with Crippen LogP contribution < -0.4 is 10.6 Å². The van der Waals surface area contributed by atoms with Crippen molar-refractivity contribution in [3.8, 4) is 0 Å². The summed E-state index contributed by atoms with van der Waals surface area (Å²) in [6.07, 6.45) is 4.11. The first kappa shape index (κ1) is 21.1. The number of unbranched alkanes of at least 4 members (excludes halogenated alkanes) is 1. The first-order chi connectivity index (χ1) is 12.0. The number of nitrogens with zero attached hydrogens (tertiary/aromatic N) is 1. The second kappa shape index (κ2) is 11.6. The number of amides is 2. The molecule has 1 aromatic rings. The second-order valence-electron chi connectivity index (χ2n) is 5.98. The van der Waals surface area contributed by atoms with Crippen molar-refractivity contribution >= 4 is 34.8 Å². The van der Waals surface area contributed by atoms with E-state index < -0.39 is 0 Å². The van der Waals surface area contributed by atoms with Gasteiger partial charge in [-0.15, -0.1) is 0 Å². The summed E-state index contributed by atoms with van der Waals surface area (Å²) < 4.78 is 0. The molecule has 0 bridgehead atoms. The highest BCUT2D eigenvalue weighted by atomic mass is 32.1. The smallest absolute Gasteiger partial charge is 0.253 e. The molecule has 0 aliphatic carbocycles. The number of carbonyl (C=O) groups excluding carboxylic acids is 2. The molecule has 0 aliphatic rings. The molecule has 2 N–H and O–H groups in total. The maximum atomic E-state index is 12.7. The molecule has 138 valence electrons. The molecule has 0 aromatic heterocycles. The lowest BCUT2D eigenvalue weighted by atomic mass is 10.1. The van der Waals surface area contributed by atoms with Crippen LogP contribution in [0, 0.1) is 0 Å². The normalized spacial score (nSPS) is 10.2. The molecule has 0 spiro atoms. The average molecular weight is 364 g/mol. The topological polar surface area (TPSA) is 61.4 Å². The Morgan fingerprint density at radius 2 is 1.76 bits per heavy atom. The van der Waals surface area contributed by atoms with Crippen LogP contribution in [-0.2, 0) is 4.79 Å². The number of rotatable bonds is 9. The number of nitrogens with one attached hydrogen (secondary N) is 2. The summed E-state index contributed by atoms with van der Waals surface area (Å²) in [6.45, 7) is 7.65. The molecule has 0 saturated heterocycles. The Balaban J connectivity index is 2.72. The second-order valence-corrected chi connectivity index (χ2v) is 6.39. The van der Waals surface area contributed by atoms with Crippen molar-refractivity contribution in [1.82, 2.24) is 10.2 Å².